The molecule has 4 nitrogen and oxygen atoms in total. The number of azo groups is 1. The largest absolute Gasteiger partial charge is 0.494 e. The fraction of sp³-hybridized carbons (Fsp3) is 0.200. The predicted molar refractivity (Wildman–Crippen MR) is 76.2 cm³/mol. The molecule has 0 unspecified atom stereocenters. The number of rotatable bonds is 6. The lowest BCUT2D eigenvalue weighted by molar-refractivity contribution is 0.313. The highest BCUT2D eigenvalue weighted by Gasteiger charge is 1.94. The quantitative estimate of drug-likeness (QED) is 0.630. The predicted octanol–water partition coefficient (Wildman–Crippen LogP) is 3.83. The molecule has 0 aromatic heterocycles. The van der Waals surface area contributed by atoms with Gasteiger partial charge in [-0.25, -0.2) is 0 Å². The van der Waals surface area contributed by atoms with E-state index in [0.717, 1.165) is 23.5 Å². The van der Waals surface area contributed by atoms with Crippen LogP contribution in [0.15, 0.2) is 64.8 Å². The standard InChI is InChI=1S/C15H17N3O/c16-11-4-12-19-15-9-7-14(8-10-15)18-17-13-5-2-1-3-6-13/h1-3,5-10H,4,11-12,16H2/b18-17+. The van der Waals surface area contributed by atoms with E-state index in [2.05, 4.69) is 10.2 Å². The van der Waals surface area contributed by atoms with Crippen LogP contribution in [-0.4, -0.2) is 13.2 Å². The summed E-state index contributed by atoms with van der Waals surface area (Å²) in [4.78, 5) is 0. The molecule has 2 aromatic rings. The molecule has 98 valence electrons. The Balaban J connectivity index is 1.93. The molecule has 0 bridgehead atoms. The Hall–Kier alpha value is -2.20. The molecule has 4 heteroatoms. The van der Waals surface area contributed by atoms with E-state index in [-0.39, 0.29) is 0 Å². The average molecular weight is 255 g/mol. The van der Waals surface area contributed by atoms with Crippen molar-refractivity contribution in [2.45, 2.75) is 6.42 Å². The van der Waals surface area contributed by atoms with Gasteiger partial charge in [-0.05, 0) is 49.4 Å². The molecule has 2 N–H and O–H groups in total. The number of nitrogens with two attached hydrogens (primary N) is 1. The minimum Gasteiger partial charge on any atom is -0.494 e. The van der Waals surface area contributed by atoms with Crippen LogP contribution in [0, 0.1) is 0 Å². The maximum atomic E-state index is 5.51. The van der Waals surface area contributed by atoms with E-state index < -0.39 is 0 Å². The fourth-order valence-corrected chi connectivity index (χ4v) is 1.49. The van der Waals surface area contributed by atoms with Gasteiger partial charge in [0.1, 0.15) is 5.75 Å². The molecule has 0 saturated heterocycles. The molecule has 0 aliphatic carbocycles. The third-order valence-corrected chi connectivity index (χ3v) is 2.49. The molecule has 0 heterocycles. The maximum Gasteiger partial charge on any atom is 0.119 e. The van der Waals surface area contributed by atoms with Gasteiger partial charge in [-0.1, -0.05) is 18.2 Å². The van der Waals surface area contributed by atoms with Gasteiger partial charge < -0.3 is 10.5 Å². The fourth-order valence-electron chi connectivity index (χ4n) is 1.49. The molecule has 2 aromatic carbocycles. The maximum absolute atomic E-state index is 5.51. The number of nitrogens with zero attached hydrogens (tertiary/aromatic N) is 2. The van der Waals surface area contributed by atoms with Gasteiger partial charge in [0.05, 0.1) is 18.0 Å². The van der Waals surface area contributed by atoms with Crippen molar-refractivity contribution in [3.05, 3.63) is 54.6 Å². The number of ether oxygens (including phenoxy) is 1. The van der Waals surface area contributed by atoms with E-state index >= 15 is 0 Å². The zero-order chi connectivity index (χ0) is 13.3. The van der Waals surface area contributed by atoms with Crippen molar-refractivity contribution in [3.8, 4) is 5.75 Å². The third-order valence-electron chi connectivity index (χ3n) is 2.49. The second-order valence-electron chi connectivity index (χ2n) is 4.02. The Bertz CT molecular complexity index is 509. The van der Waals surface area contributed by atoms with Crippen molar-refractivity contribution >= 4 is 11.4 Å². The lowest BCUT2D eigenvalue weighted by atomic mass is 10.3. The molecule has 0 radical (unpaired) electrons. The van der Waals surface area contributed by atoms with E-state index in [1.54, 1.807) is 0 Å². The molecular weight excluding hydrogens is 238 g/mol. The van der Waals surface area contributed by atoms with Gasteiger partial charge in [0.15, 0.2) is 0 Å². The van der Waals surface area contributed by atoms with Crippen LogP contribution in [0.4, 0.5) is 11.4 Å². The first-order valence-electron chi connectivity index (χ1n) is 6.28. The molecule has 0 spiro atoms. The van der Waals surface area contributed by atoms with Gasteiger partial charge in [-0.3, -0.25) is 0 Å². The van der Waals surface area contributed by atoms with Gasteiger partial charge >= 0.3 is 0 Å². The Morgan fingerprint density at radius 1 is 0.842 bits per heavy atom. The average Bonchev–Trinajstić information content (AvgIpc) is 2.48. The van der Waals surface area contributed by atoms with Crippen molar-refractivity contribution in [1.82, 2.24) is 0 Å². The van der Waals surface area contributed by atoms with E-state index in [1.807, 2.05) is 54.6 Å². The van der Waals surface area contributed by atoms with Gasteiger partial charge in [-0.15, -0.1) is 0 Å². The summed E-state index contributed by atoms with van der Waals surface area (Å²) in [6, 6.07) is 17.2. The van der Waals surface area contributed by atoms with Crippen molar-refractivity contribution in [1.29, 1.82) is 0 Å². The second kappa shape index (κ2) is 7.28. The molecule has 0 fully saturated rings. The van der Waals surface area contributed by atoms with Crippen LogP contribution in [0.3, 0.4) is 0 Å². The minimum absolute atomic E-state index is 0.640. The highest BCUT2D eigenvalue weighted by atomic mass is 16.5. The number of hydrogen-bond donors (Lipinski definition) is 1. The Morgan fingerprint density at radius 2 is 1.47 bits per heavy atom. The molecule has 0 atom stereocenters. The Morgan fingerprint density at radius 3 is 2.11 bits per heavy atom. The van der Waals surface area contributed by atoms with Gasteiger partial charge in [0, 0.05) is 0 Å². The highest BCUT2D eigenvalue weighted by Crippen LogP contribution is 2.21. The first-order valence-corrected chi connectivity index (χ1v) is 6.28. The van der Waals surface area contributed by atoms with Crippen LogP contribution < -0.4 is 10.5 Å². The van der Waals surface area contributed by atoms with Crippen LogP contribution in [-0.2, 0) is 0 Å². The van der Waals surface area contributed by atoms with Crippen LogP contribution >= 0.6 is 0 Å². The first kappa shape index (κ1) is 13.2. The summed E-state index contributed by atoms with van der Waals surface area (Å²) in [6.45, 7) is 1.28. The molecule has 0 amide bonds. The summed E-state index contributed by atoms with van der Waals surface area (Å²) < 4.78 is 5.51. The van der Waals surface area contributed by atoms with Crippen molar-refractivity contribution < 1.29 is 4.74 Å². The molecule has 2 rings (SSSR count). The summed E-state index contributed by atoms with van der Waals surface area (Å²) in [5, 5.41) is 8.31. The Labute approximate surface area is 112 Å². The lowest BCUT2D eigenvalue weighted by Crippen LogP contribution is -2.05. The monoisotopic (exact) mass is 255 g/mol. The van der Waals surface area contributed by atoms with Crippen molar-refractivity contribution in [2.24, 2.45) is 16.0 Å². The molecule has 0 aliphatic heterocycles. The van der Waals surface area contributed by atoms with E-state index in [1.165, 1.54) is 0 Å². The van der Waals surface area contributed by atoms with Crippen molar-refractivity contribution in [2.75, 3.05) is 13.2 Å². The summed E-state index contributed by atoms with van der Waals surface area (Å²) in [7, 11) is 0. The summed E-state index contributed by atoms with van der Waals surface area (Å²) in [5.74, 6) is 0.826. The van der Waals surface area contributed by atoms with Gasteiger partial charge in [-0.2, -0.15) is 10.2 Å². The van der Waals surface area contributed by atoms with E-state index in [9.17, 15) is 0 Å². The topological polar surface area (TPSA) is 60.0 Å². The normalized spacial score (nSPS) is 10.8. The van der Waals surface area contributed by atoms with Crippen LogP contribution in [0.25, 0.3) is 0 Å². The zero-order valence-electron chi connectivity index (χ0n) is 10.7. The van der Waals surface area contributed by atoms with Crippen LogP contribution in [0.1, 0.15) is 6.42 Å². The smallest absolute Gasteiger partial charge is 0.119 e. The van der Waals surface area contributed by atoms with Gasteiger partial charge in [0.25, 0.3) is 0 Å². The minimum atomic E-state index is 0.640. The van der Waals surface area contributed by atoms with Crippen LogP contribution in [0.2, 0.25) is 0 Å². The first-order chi connectivity index (χ1) is 9.38. The van der Waals surface area contributed by atoms with Gasteiger partial charge in [0.2, 0.25) is 0 Å². The van der Waals surface area contributed by atoms with E-state index in [4.69, 9.17) is 10.5 Å². The summed E-state index contributed by atoms with van der Waals surface area (Å²) >= 11 is 0. The molecule has 0 aliphatic rings. The molecular formula is C15H17N3O. The summed E-state index contributed by atoms with van der Waals surface area (Å²) in [5.41, 5.74) is 7.04. The lowest BCUT2D eigenvalue weighted by Gasteiger charge is -2.04. The SMILES string of the molecule is NCCCOc1ccc(/N=N/c2ccccc2)cc1. The Kier molecular flexibility index (Phi) is 5.07. The highest BCUT2D eigenvalue weighted by molar-refractivity contribution is 5.42. The van der Waals surface area contributed by atoms with Crippen LogP contribution in [0.5, 0.6) is 5.75 Å². The van der Waals surface area contributed by atoms with E-state index in [0.29, 0.717) is 13.2 Å². The molecule has 19 heavy (non-hydrogen) atoms. The second-order valence-corrected chi connectivity index (χ2v) is 4.02. The zero-order valence-corrected chi connectivity index (χ0v) is 10.7. The molecule has 0 saturated carbocycles. The van der Waals surface area contributed by atoms with Crippen molar-refractivity contribution in [3.63, 3.8) is 0 Å². The third kappa shape index (κ3) is 4.52. The number of hydrogen-bond acceptors (Lipinski definition) is 4. The summed E-state index contributed by atoms with van der Waals surface area (Å²) in [6.07, 6.45) is 0.857. The number of benzene rings is 2.